The summed E-state index contributed by atoms with van der Waals surface area (Å²) < 4.78 is 0. The fourth-order valence-electron chi connectivity index (χ4n) is 10.5. The molecule has 2 aliphatic rings. The Morgan fingerprint density at radius 1 is 0.426 bits per heavy atom. The summed E-state index contributed by atoms with van der Waals surface area (Å²) in [4.78, 5) is 10.3. The van der Waals surface area contributed by atoms with E-state index in [4.69, 9.17) is 9.98 Å². The molecule has 0 saturated heterocycles. The van der Waals surface area contributed by atoms with Crippen LogP contribution in [0.4, 0.5) is 0 Å². The highest BCUT2D eigenvalue weighted by atomic mass is 16.3. The molecule has 8 nitrogen and oxygen atoms in total. The molecule has 0 bridgehead atoms. The highest BCUT2D eigenvalue weighted by Gasteiger charge is 2.27. The second-order valence-corrected chi connectivity index (χ2v) is 18.4. The Bertz CT molecular complexity index is 2900. The van der Waals surface area contributed by atoms with E-state index >= 15 is 0 Å². The molecular formula is C60H58N4O4. The zero-order valence-electron chi connectivity index (χ0n) is 38.2. The molecule has 0 unspecified atom stereocenters. The highest BCUT2D eigenvalue weighted by Crippen LogP contribution is 2.47. The maximum atomic E-state index is 12.4. The molecule has 8 aromatic rings. The van der Waals surface area contributed by atoms with E-state index in [1.165, 1.54) is 0 Å². The third kappa shape index (κ3) is 9.35. The molecule has 68 heavy (non-hydrogen) atoms. The van der Waals surface area contributed by atoms with E-state index in [9.17, 15) is 20.4 Å². The Balaban J connectivity index is 0.935. The van der Waals surface area contributed by atoms with Gasteiger partial charge >= 0.3 is 0 Å². The summed E-state index contributed by atoms with van der Waals surface area (Å²) in [6.07, 6.45) is 11.6. The van der Waals surface area contributed by atoms with Crippen LogP contribution in [-0.4, -0.2) is 57.0 Å². The van der Waals surface area contributed by atoms with Gasteiger partial charge in [-0.3, -0.25) is 9.98 Å². The normalized spacial score (nSPS) is 18.8. The quantitative estimate of drug-likeness (QED) is 0.0639. The van der Waals surface area contributed by atoms with Gasteiger partial charge in [-0.25, -0.2) is 0 Å². The number of benzene rings is 8. The van der Waals surface area contributed by atoms with Crippen molar-refractivity contribution in [1.82, 2.24) is 10.6 Å². The van der Waals surface area contributed by atoms with Crippen molar-refractivity contribution in [3.05, 3.63) is 180 Å². The molecule has 8 aromatic carbocycles. The van der Waals surface area contributed by atoms with Gasteiger partial charge in [-0.1, -0.05) is 171 Å². The molecule has 8 heteroatoms. The molecule has 10 rings (SSSR count). The van der Waals surface area contributed by atoms with Crippen molar-refractivity contribution >= 4 is 34.0 Å². The molecular weight excluding hydrogens is 841 g/mol. The Morgan fingerprint density at radius 3 is 1.26 bits per heavy atom. The third-order valence-corrected chi connectivity index (χ3v) is 14.1. The van der Waals surface area contributed by atoms with Gasteiger partial charge < -0.3 is 31.1 Å². The van der Waals surface area contributed by atoms with E-state index in [1.54, 1.807) is 0 Å². The van der Waals surface area contributed by atoms with Crippen LogP contribution in [0.5, 0.6) is 23.0 Å². The van der Waals surface area contributed by atoms with Crippen molar-refractivity contribution in [3.63, 3.8) is 0 Å². The Morgan fingerprint density at radius 2 is 0.824 bits per heavy atom. The molecule has 2 saturated carbocycles. The van der Waals surface area contributed by atoms with Crippen LogP contribution in [0, 0.1) is 0 Å². The number of hydrogen-bond acceptors (Lipinski definition) is 8. The van der Waals surface area contributed by atoms with Crippen LogP contribution in [0.3, 0.4) is 0 Å². The van der Waals surface area contributed by atoms with E-state index in [1.807, 2.05) is 170 Å². The van der Waals surface area contributed by atoms with Crippen LogP contribution in [0.25, 0.3) is 54.9 Å². The molecule has 2 aliphatic carbocycles. The van der Waals surface area contributed by atoms with E-state index in [0.717, 1.165) is 106 Å². The molecule has 0 amide bonds. The molecule has 342 valence electrons. The number of para-hydroxylation sites is 2. The standard InChI is InChI=1S/C60H58N4O4/c65-57-43(23-15-27-49(57)39-17-3-1-4-18-39)35-61-51-29-11-13-31-53(51)63-37-45-33-41-21-7-9-25-47(41)55(59(45)67)56-48-26-10-8-22-42(48)34-46(60(56)68)38-64-54-32-14-12-30-52(54)62-36-44-24-16-28-50(58(44)66)40-19-5-2-6-20-40/h1-10,15-28,33-34,37-38,51-54,61-62,65-68H,11-14,29-32,35-36H2/t51-,52-,53-,54-/m1/s1. The van der Waals surface area contributed by atoms with Crippen LogP contribution in [0.15, 0.2) is 168 Å². The number of nitrogens with zero attached hydrogens (tertiary/aromatic N) is 2. The summed E-state index contributed by atoms with van der Waals surface area (Å²) in [5, 5.41) is 58.4. The summed E-state index contributed by atoms with van der Waals surface area (Å²) in [5.41, 5.74) is 7.52. The average Bonchev–Trinajstić information content (AvgIpc) is 3.38. The first kappa shape index (κ1) is 44.6. The summed E-state index contributed by atoms with van der Waals surface area (Å²) in [6.45, 7) is 1.01. The van der Waals surface area contributed by atoms with Crippen molar-refractivity contribution in [1.29, 1.82) is 0 Å². The fourth-order valence-corrected chi connectivity index (χ4v) is 10.5. The third-order valence-electron chi connectivity index (χ3n) is 14.1. The van der Waals surface area contributed by atoms with Crippen LogP contribution in [0.2, 0.25) is 0 Å². The average molecular weight is 899 g/mol. The Labute approximate surface area is 398 Å². The van der Waals surface area contributed by atoms with Crippen LogP contribution >= 0.6 is 0 Å². The van der Waals surface area contributed by atoms with Crippen molar-refractivity contribution in [2.75, 3.05) is 0 Å². The summed E-state index contributed by atoms with van der Waals surface area (Å²) in [7, 11) is 0. The smallest absolute Gasteiger partial charge is 0.132 e. The first-order chi connectivity index (χ1) is 33.4. The van der Waals surface area contributed by atoms with Gasteiger partial charge in [-0.2, -0.15) is 0 Å². The number of phenolic OH excluding ortho intramolecular Hbond substituents is 4. The first-order valence-corrected chi connectivity index (χ1v) is 24.2. The van der Waals surface area contributed by atoms with Gasteiger partial charge in [0.05, 0.1) is 12.1 Å². The van der Waals surface area contributed by atoms with Gasteiger partial charge in [0.1, 0.15) is 23.0 Å². The highest BCUT2D eigenvalue weighted by molar-refractivity contribution is 6.14. The van der Waals surface area contributed by atoms with E-state index in [-0.39, 0.29) is 47.2 Å². The number of aliphatic imine (C=N–C) groups is 2. The molecule has 0 heterocycles. The summed E-state index contributed by atoms with van der Waals surface area (Å²) in [6, 6.07) is 51.8. The largest absolute Gasteiger partial charge is 0.507 e. The van der Waals surface area contributed by atoms with Crippen LogP contribution in [0.1, 0.15) is 73.6 Å². The Hall–Kier alpha value is -7.26. The SMILES string of the molecule is Oc1c(CN[C@@H]2CCCC[C@H]2N=Cc2cc3ccccc3c(-c3c(O)c(C=N[C@@H]4CCCC[C@H]4NCc4cccc(-c5ccccc5)c4O)cc4ccccc34)c2O)cccc1-c1ccccc1. The van der Waals surface area contributed by atoms with Crippen LogP contribution < -0.4 is 10.6 Å². The first-order valence-electron chi connectivity index (χ1n) is 24.2. The minimum absolute atomic E-state index is 0.0328. The molecule has 0 aliphatic heterocycles. The molecule has 6 N–H and O–H groups in total. The van der Waals surface area contributed by atoms with Gasteiger partial charge in [0.15, 0.2) is 0 Å². The molecule has 0 spiro atoms. The predicted molar refractivity (Wildman–Crippen MR) is 278 cm³/mol. The lowest BCUT2D eigenvalue weighted by atomic mass is 9.88. The minimum Gasteiger partial charge on any atom is -0.507 e. The van der Waals surface area contributed by atoms with Gasteiger partial charge in [0.2, 0.25) is 0 Å². The second-order valence-electron chi connectivity index (χ2n) is 18.4. The van der Waals surface area contributed by atoms with Crippen molar-refractivity contribution in [2.24, 2.45) is 9.98 Å². The monoisotopic (exact) mass is 898 g/mol. The van der Waals surface area contributed by atoms with E-state index in [0.29, 0.717) is 35.3 Å². The zero-order valence-corrected chi connectivity index (χ0v) is 38.2. The number of hydrogen-bond donors (Lipinski definition) is 6. The van der Waals surface area contributed by atoms with E-state index < -0.39 is 0 Å². The van der Waals surface area contributed by atoms with Gasteiger partial charge in [0, 0.05) is 82.1 Å². The molecule has 2 fully saturated rings. The number of fused-ring (bicyclic) bond motifs is 2. The number of nitrogens with one attached hydrogen (secondary N) is 2. The lowest BCUT2D eigenvalue weighted by molar-refractivity contribution is 0.327. The topological polar surface area (TPSA) is 130 Å². The van der Waals surface area contributed by atoms with Crippen LogP contribution in [-0.2, 0) is 13.1 Å². The van der Waals surface area contributed by atoms with Gasteiger partial charge in [0.25, 0.3) is 0 Å². The second kappa shape index (κ2) is 20.3. The summed E-state index contributed by atoms with van der Waals surface area (Å²) >= 11 is 0. The Kier molecular flexibility index (Phi) is 13.3. The number of aromatic hydroxyl groups is 4. The van der Waals surface area contributed by atoms with E-state index in [2.05, 4.69) is 10.6 Å². The minimum atomic E-state index is -0.0328. The molecule has 0 radical (unpaired) electrons. The number of phenols is 4. The van der Waals surface area contributed by atoms with Crippen molar-refractivity contribution in [3.8, 4) is 56.4 Å². The van der Waals surface area contributed by atoms with Gasteiger partial charge in [-0.05, 0) is 70.5 Å². The fraction of sp³-hybridized carbons (Fsp3) is 0.233. The summed E-state index contributed by atoms with van der Waals surface area (Å²) in [5.74, 6) is 0.688. The van der Waals surface area contributed by atoms with Crippen molar-refractivity contribution in [2.45, 2.75) is 88.6 Å². The van der Waals surface area contributed by atoms with Gasteiger partial charge in [-0.15, -0.1) is 0 Å². The maximum absolute atomic E-state index is 12.4. The predicted octanol–water partition coefficient (Wildman–Crippen LogP) is 12.9. The maximum Gasteiger partial charge on any atom is 0.132 e. The lowest BCUT2D eigenvalue weighted by Crippen LogP contribution is -2.40. The molecule has 4 atom stereocenters. The lowest BCUT2D eigenvalue weighted by Gasteiger charge is -2.30. The zero-order chi connectivity index (χ0) is 46.4. The number of rotatable bonds is 13. The van der Waals surface area contributed by atoms with Crippen molar-refractivity contribution < 1.29 is 20.4 Å². The molecule has 0 aromatic heterocycles.